The quantitative estimate of drug-likeness (QED) is 0.578. The number of anilines is 1. The molecule has 4 heterocycles. The fraction of sp³-hybridized carbons (Fsp3) is 0.440. The Morgan fingerprint density at radius 1 is 1.15 bits per heavy atom. The summed E-state index contributed by atoms with van der Waals surface area (Å²) in [5.74, 6) is 1.66. The maximum Gasteiger partial charge on any atom is 0.227 e. The minimum Gasteiger partial charge on any atom is -0.497 e. The number of methoxy groups -OCH3 is 1. The van der Waals surface area contributed by atoms with Crippen LogP contribution < -0.4 is 9.64 Å². The first-order valence-electron chi connectivity index (χ1n) is 11.7. The number of rotatable bonds is 6. The largest absolute Gasteiger partial charge is 0.497 e. The molecule has 0 bridgehead atoms. The Morgan fingerprint density at radius 2 is 2.00 bits per heavy atom. The lowest BCUT2D eigenvalue weighted by Gasteiger charge is -2.24. The van der Waals surface area contributed by atoms with Gasteiger partial charge in [0.25, 0.3) is 0 Å². The van der Waals surface area contributed by atoms with Crippen LogP contribution in [0, 0.1) is 0 Å². The monoisotopic (exact) mass is 446 g/mol. The molecule has 1 atom stereocenters. The van der Waals surface area contributed by atoms with Gasteiger partial charge in [0.05, 0.1) is 31.0 Å². The number of hydrogen-bond acceptors (Lipinski definition) is 6. The number of nitrogens with zero attached hydrogens (tertiary/aromatic N) is 6. The Labute approximate surface area is 194 Å². The third-order valence-electron chi connectivity index (χ3n) is 6.54. The molecule has 5 rings (SSSR count). The first-order chi connectivity index (χ1) is 16.1. The summed E-state index contributed by atoms with van der Waals surface area (Å²) in [6.07, 6.45) is 8.41. The van der Waals surface area contributed by atoms with Crippen molar-refractivity contribution in [3.63, 3.8) is 0 Å². The van der Waals surface area contributed by atoms with Crippen molar-refractivity contribution >= 4 is 11.9 Å². The Kier molecular flexibility index (Phi) is 5.98. The summed E-state index contributed by atoms with van der Waals surface area (Å²) in [5.41, 5.74) is 3.71. The van der Waals surface area contributed by atoms with E-state index < -0.39 is 0 Å². The number of carbonyl (C=O) groups excluding carboxylic acids is 1. The van der Waals surface area contributed by atoms with Crippen LogP contribution >= 0.6 is 0 Å². The summed E-state index contributed by atoms with van der Waals surface area (Å²) in [6.45, 7) is 2.74. The Hall–Kier alpha value is -3.42. The van der Waals surface area contributed by atoms with E-state index in [1.165, 1.54) is 12.8 Å². The molecule has 1 amide bonds. The Morgan fingerprint density at radius 3 is 2.82 bits per heavy atom. The minimum absolute atomic E-state index is 0.0514. The summed E-state index contributed by atoms with van der Waals surface area (Å²) in [6, 6.07) is 9.60. The molecule has 2 aliphatic heterocycles. The minimum atomic E-state index is -0.0514. The van der Waals surface area contributed by atoms with Crippen LogP contribution in [0.1, 0.15) is 43.0 Å². The summed E-state index contributed by atoms with van der Waals surface area (Å²) < 4.78 is 7.14. The van der Waals surface area contributed by atoms with Crippen molar-refractivity contribution in [1.82, 2.24) is 24.6 Å². The lowest BCUT2D eigenvalue weighted by Crippen LogP contribution is -2.32. The number of amides is 1. The maximum absolute atomic E-state index is 13.3. The predicted molar refractivity (Wildman–Crippen MR) is 126 cm³/mol. The average molecular weight is 447 g/mol. The van der Waals surface area contributed by atoms with Gasteiger partial charge in [0.2, 0.25) is 11.9 Å². The van der Waals surface area contributed by atoms with Crippen LogP contribution in [0.4, 0.5) is 5.95 Å². The standard InChI is InChI=1S/C25H30N6O2/c1-29-17-20(21-10-11-26-25(27-21)30-12-3-4-13-30)24(28-29)22-9-6-14-31(22)23(32)16-18-7-5-8-19(15-18)33-2/h5,7-8,10-11,15,17,22H,3-4,6,9,12-14,16H2,1-2H3/t22-/m0/s1. The van der Waals surface area contributed by atoms with E-state index in [9.17, 15) is 4.79 Å². The van der Waals surface area contributed by atoms with Gasteiger partial charge < -0.3 is 14.5 Å². The highest BCUT2D eigenvalue weighted by molar-refractivity contribution is 5.80. The van der Waals surface area contributed by atoms with Gasteiger partial charge in [0.1, 0.15) is 5.75 Å². The number of hydrogen-bond donors (Lipinski definition) is 0. The molecular formula is C25H30N6O2. The number of aryl methyl sites for hydroxylation is 1. The molecule has 0 radical (unpaired) electrons. The van der Waals surface area contributed by atoms with Crippen molar-refractivity contribution in [1.29, 1.82) is 0 Å². The van der Waals surface area contributed by atoms with Gasteiger partial charge in [-0.2, -0.15) is 5.10 Å². The first kappa shape index (κ1) is 21.4. The molecule has 3 aromatic rings. The lowest BCUT2D eigenvalue weighted by atomic mass is 10.0. The van der Waals surface area contributed by atoms with Crippen molar-refractivity contribution < 1.29 is 9.53 Å². The number of ether oxygens (including phenoxy) is 1. The molecule has 8 heteroatoms. The highest BCUT2D eigenvalue weighted by Gasteiger charge is 2.34. The molecule has 2 saturated heterocycles. The number of benzene rings is 1. The molecule has 0 saturated carbocycles. The van der Waals surface area contributed by atoms with Crippen molar-refractivity contribution in [2.24, 2.45) is 7.05 Å². The third-order valence-corrected chi connectivity index (χ3v) is 6.54. The van der Waals surface area contributed by atoms with E-state index in [1.54, 1.807) is 7.11 Å². The zero-order chi connectivity index (χ0) is 22.8. The predicted octanol–water partition coefficient (Wildman–Crippen LogP) is 3.39. The first-order valence-corrected chi connectivity index (χ1v) is 11.7. The summed E-state index contributed by atoms with van der Waals surface area (Å²) in [7, 11) is 3.56. The van der Waals surface area contributed by atoms with Gasteiger partial charge in [-0.15, -0.1) is 0 Å². The summed E-state index contributed by atoms with van der Waals surface area (Å²) >= 11 is 0. The van der Waals surface area contributed by atoms with Crippen molar-refractivity contribution in [3.05, 3.63) is 54.0 Å². The topological polar surface area (TPSA) is 76.4 Å². The Balaban J connectivity index is 1.41. The van der Waals surface area contributed by atoms with E-state index >= 15 is 0 Å². The SMILES string of the molecule is COc1cccc(CC(=O)N2CCC[C@H]2c2nn(C)cc2-c2ccnc(N3CCCC3)n2)c1. The van der Waals surface area contributed by atoms with E-state index in [0.29, 0.717) is 6.42 Å². The Bertz CT molecular complexity index is 1140. The van der Waals surface area contributed by atoms with Crippen LogP contribution in [-0.2, 0) is 18.3 Å². The highest BCUT2D eigenvalue weighted by atomic mass is 16.5. The van der Waals surface area contributed by atoms with Gasteiger partial charge in [0, 0.05) is 44.6 Å². The van der Waals surface area contributed by atoms with Crippen LogP contribution in [0.25, 0.3) is 11.3 Å². The smallest absolute Gasteiger partial charge is 0.227 e. The highest BCUT2D eigenvalue weighted by Crippen LogP contribution is 2.37. The molecule has 2 fully saturated rings. The van der Waals surface area contributed by atoms with Gasteiger partial charge in [0.15, 0.2) is 0 Å². The summed E-state index contributed by atoms with van der Waals surface area (Å²) in [4.78, 5) is 26.9. The third kappa shape index (κ3) is 4.42. The van der Waals surface area contributed by atoms with E-state index in [2.05, 4.69) is 9.88 Å². The van der Waals surface area contributed by atoms with E-state index in [4.69, 9.17) is 14.8 Å². The molecule has 0 unspecified atom stereocenters. The molecular weight excluding hydrogens is 416 g/mol. The molecule has 8 nitrogen and oxygen atoms in total. The van der Waals surface area contributed by atoms with Crippen LogP contribution in [0.5, 0.6) is 5.75 Å². The number of likely N-dealkylation sites (tertiary alicyclic amines) is 1. The van der Waals surface area contributed by atoms with Gasteiger partial charge in [-0.05, 0) is 49.4 Å². The zero-order valence-electron chi connectivity index (χ0n) is 19.3. The second-order valence-electron chi connectivity index (χ2n) is 8.81. The molecule has 0 aliphatic carbocycles. The van der Waals surface area contributed by atoms with Crippen LogP contribution in [-0.4, -0.2) is 57.3 Å². The summed E-state index contributed by atoms with van der Waals surface area (Å²) in [5, 5.41) is 4.79. The fourth-order valence-electron chi connectivity index (χ4n) is 4.93. The van der Waals surface area contributed by atoms with Gasteiger partial charge in [-0.1, -0.05) is 12.1 Å². The molecule has 33 heavy (non-hydrogen) atoms. The fourth-order valence-corrected chi connectivity index (χ4v) is 4.93. The molecule has 2 aromatic heterocycles. The van der Waals surface area contributed by atoms with Crippen LogP contribution in [0.15, 0.2) is 42.7 Å². The van der Waals surface area contributed by atoms with Gasteiger partial charge in [-0.25, -0.2) is 9.97 Å². The van der Waals surface area contributed by atoms with Gasteiger partial charge in [-0.3, -0.25) is 9.48 Å². The van der Waals surface area contributed by atoms with E-state index in [-0.39, 0.29) is 11.9 Å². The molecule has 0 N–H and O–H groups in total. The van der Waals surface area contributed by atoms with E-state index in [0.717, 1.165) is 66.7 Å². The van der Waals surface area contributed by atoms with Crippen LogP contribution in [0.2, 0.25) is 0 Å². The van der Waals surface area contributed by atoms with Crippen molar-refractivity contribution in [3.8, 4) is 17.0 Å². The van der Waals surface area contributed by atoms with E-state index in [1.807, 2.05) is 59.4 Å². The normalized spacial score (nSPS) is 18.2. The van der Waals surface area contributed by atoms with Crippen molar-refractivity contribution in [2.75, 3.05) is 31.6 Å². The zero-order valence-corrected chi connectivity index (χ0v) is 19.3. The maximum atomic E-state index is 13.3. The second-order valence-corrected chi connectivity index (χ2v) is 8.81. The lowest BCUT2D eigenvalue weighted by molar-refractivity contribution is -0.131. The molecule has 2 aliphatic rings. The van der Waals surface area contributed by atoms with Crippen molar-refractivity contribution in [2.45, 2.75) is 38.1 Å². The molecule has 172 valence electrons. The molecule has 1 aromatic carbocycles. The average Bonchev–Trinajstić information content (AvgIpc) is 3.59. The molecule has 0 spiro atoms. The second kappa shape index (κ2) is 9.21. The number of aromatic nitrogens is 4. The van der Waals surface area contributed by atoms with Gasteiger partial charge >= 0.3 is 0 Å². The number of carbonyl (C=O) groups is 1. The van der Waals surface area contributed by atoms with Crippen LogP contribution in [0.3, 0.4) is 0 Å².